The molecule has 0 unspecified atom stereocenters. The van der Waals surface area contributed by atoms with Gasteiger partial charge in [-0.05, 0) is 37.1 Å². The average Bonchev–Trinajstić information content (AvgIpc) is 2.71. The van der Waals surface area contributed by atoms with Gasteiger partial charge in [0.1, 0.15) is 5.75 Å². The van der Waals surface area contributed by atoms with Crippen LogP contribution >= 0.6 is 0 Å². The average molecular weight is 386 g/mol. The third-order valence-electron chi connectivity index (χ3n) is 4.62. The summed E-state index contributed by atoms with van der Waals surface area (Å²) in [6, 6.07) is 11.2. The number of hydrogen-bond donors (Lipinski definition) is 4. The molecule has 0 saturated carbocycles. The number of likely N-dealkylation sites (tertiary alicyclic amines) is 1. The highest BCUT2D eigenvalue weighted by Gasteiger charge is 2.25. The maximum atomic E-state index is 12.3. The fraction of sp³-hybridized carbons (Fsp3) is 0.300. The number of rotatable bonds is 5. The second-order valence-corrected chi connectivity index (χ2v) is 6.59. The van der Waals surface area contributed by atoms with Crippen molar-refractivity contribution in [3.63, 3.8) is 0 Å². The third-order valence-corrected chi connectivity index (χ3v) is 4.62. The first-order valence-corrected chi connectivity index (χ1v) is 8.95. The highest BCUT2D eigenvalue weighted by Crippen LogP contribution is 2.35. The molecule has 148 valence electrons. The number of amides is 2. The molecular formula is C20H22N2O6. The van der Waals surface area contributed by atoms with Crippen molar-refractivity contribution >= 4 is 11.8 Å². The first-order chi connectivity index (χ1) is 13.4. The smallest absolute Gasteiger partial charge is 0.260 e. The van der Waals surface area contributed by atoms with Gasteiger partial charge in [-0.1, -0.05) is 18.2 Å². The van der Waals surface area contributed by atoms with Crippen LogP contribution < -0.4 is 10.1 Å². The van der Waals surface area contributed by atoms with E-state index >= 15 is 0 Å². The van der Waals surface area contributed by atoms with Gasteiger partial charge in [-0.15, -0.1) is 0 Å². The second kappa shape index (κ2) is 8.51. The van der Waals surface area contributed by atoms with Crippen molar-refractivity contribution in [2.24, 2.45) is 0 Å². The number of carbonyl (C=O) groups is 2. The van der Waals surface area contributed by atoms with Crippen molar-refractivity contribution < 1.29 is 29.6 Å². The molecule has 0 spiro atoms. The van der Waals surface area contributed by atoms with E-state index in [1.807, 2.05) is 18.2 Å². The van der Waals surface area contributed by atoms with Gasteiger partial charge < -0.3 is 30.3 Å². The van der Waals surface area contributed by atoms with E-state index in [1.54, 1.807) is 17.0 Å². The van der Waals surface area contributed by atoms with E-state index in [9.17, 15) is 24.9 Å². The van der Waals surface area contributed by atoms with Crippen molar-refractivity contribution in [2.75, 3.05) is 19.7 Å². The van der Waals surface area contributed by atoms with Crippen LogP contribution in [0.2, 0.25) is 0 Å². The fourth-order valence-corrected chi connectivity index (χ4v) is 3.03. The van der Waals surface area contributed by atoms with Gasteiger partial charge in [0.05, 0.1) is 0 Å². The molecule has 0 atom stereocenters. The Hall–Kier alpha value is -3.42. The quantitative estimate of drug-likeness (QED) is 0.580. The Kier molecular flexibility index (Phi) is 5.88. The summed E-state index contributed by atoms with van der Waals surface area (Å²) in [6.45, 7) is 0.953. The molecule has 8 heteroatoms. The summed E-state index contributed by atoms with van der Waals surface area (Å²) in [7, 11) is 0. The predicted molar refractivity (Wildman–Crippen MR) is 100 cm³/mol. The van der Waals surface area contributed by atoms with Crippen LogP contribution in [0, 0.1) is 0 Å². The van der Waals surface area contributed by atoms with E-state index in [0.29, 0.717) is 31.7 Å². The Morgan fingerprint density at radius 2 is 1.64 bits per heavy atom. The number of aromatic hydroxyl groups is 3. The summed E-state index contributed by atoms with van der Waals surface area (Å²) in [5, 5.41) is 31.2. The Morgan fingerprint density at radius 1 is 1.04 bits per heavy atom. The van der Waals surface area contributed by atoms with Gasteiger partial charge in [0.15, 0.2) is 23.9 Å². The van der Waals surface area contributed by atoms with Crippen molar-refractivity contribution in [3.05, 3.63) is 48.0 Å². The molecule has 8 nitrogen and oxygen atoms in total. The van der Waals surface area contributed by atoms with Crippen molar-refractivity contribution in [1.82, 2.24) is 10.2 Å². The monoisotopic (exact) mass is 386 g/mol. The molecule has 28 heavy (non-hydrogen) atoms. The molecule has 1 heterocycles. The number of carbonyl (C=O) groups excluding carboxylic acids is 2. The van der Waals surface area contributed by atoms with Crippen LogP contribution in [0.15, 0.2) is 42.5 Å². The third kappa shape index (κ3) is 4.64. The highest BCUT2D eigenvalue weighted by atomic mass is 16.5. The summed E-state index contributed by atoms with van der Waals surface area (Å²) in [5.41, 5.74) is 0.0440. The van der Waals surface area contributed by atoms with E-state index in [1.165, 1.54) is 0 Å². The molecule has 1 aliphatic rings. The van der Waals surface area contributed by atoms with Gasteiger partial charge in [-0.2, -0.15) is 0 Å². The molecular weight excluding hydrogens is 364 g/mol. The zero-order valence-electron chi connectivity index (χ0n) is 15.2. The molecule has 0 bridgehead atoms. The maximum absolute atomic E-state index is 12.3. The fourth-order valence-electron chi connectivity index (χ4n) is 3.03. The molecule has 2 amide bonds. The van der Waals surface area contributed by atoms with E-state index in [2.05, 4.69) is 5.32 Å². The van der Waals surface area contributed by atoms with Crippen LogP contribution in [0.3, 0.4) is 0 Å². The Balaban J connectivity index is 1.47. The Bertz CT molecular complexity index is 824. The van der Waals surface area contributed by atoms with E-state index in [-0.39, 0.29) is 24.1 Å². The first kappa shape index (κ1) is 19.3. The number of nitrogens with zero attached hydrogens (tertiary/aromatic N) is 1. The number of piperidine rings is 1. The van der Waals surface area contributed by atoms with Gasteiger partial charge >= 0.3 is 0 Å². The van der Waals surface area contributed by atoms with Crippen molar-refractivity contribution in [2.45, 2.75) is 18.9 Å². The van der Waals surface area contributed by atoms with Crippen molar-refractivity contribution in [3.8, 4) is 23.0 Å². The summed E-state index contributed by atoms with van der Waals surface area (Å²) >= 11 is 0. The molecule has 0 radical (unpaired) electrons. The van der Waals surface area contributed by atoms with Gasteiger partial charge in [0.25, 0.3) is 11.8 Å². The number of phenolic OH excluding ortho intramolecular Hbond substituents is 3. The summed E-state index contributed by atoms with van der Waals surface area (Å²) in [6.07, 6.45) is 1.16. The molecule has 3 rings (SSSR count). The van der Waals surface area contributed by atoms with Crippen molar-refractivity contribution in [1.29, 1.82) is 0 Å². The molecule has 4 N–H and O–H groups in total. The summed E-state index contributed by atoms with van der Waals surface area (Å²) < 4.78 is 5.47. The van der Waals surface area contributed by atoms with Crippen LogP contribution in [0.5, 0.6) is 23.0 Å². The van der Waals surface area contributed by atoms with Gasteiger partial charge in [0.2, 0.25) is 0 Å². The maximum Gasteiger partial charge on any atom is 0.260 e. The lowest BCUT2D eigenvalue weighted by molar-refractivity contribution is -0.134. The predicted octanol–water partition coefficient (Wildman–Crippen LogP) is 1.60. The molecule has 1 saturated heterocycles. The molecule has 0 aliphatic carbocycles. The summed E-state index contributed by atoms with van der Waals surface area (Å²) in [4.78, 5) is 26.2. The topological polar surface area (TPSA) is 119 Å². The SMILES string of the molecule is O=C(NC1CCN(C(=O)COc2ccccc2)CC1)c1cc(O)c(O)c(O)c1. The summed E-state index contributed by atoms with van der Waals surface area (Å²) in [5.74, 6) is -1.74. The number of hydrogen-bond acceptors (Lipinski definition) is 6. The lowest BCUT2D eigenvalue weighted by Gasteiger charge is -2.32. The molecule has 2 aromatic rings. The minimum atomic E-state index is -0.666. The standard InChI is InChI=1S/C20H22N2O6/c23-16-10-13(11-17(24)19(16)26)20(27)21-14-6-8-22(9-7-14)18(25)12-28-15-4-2-1-3-5-15/h1-5,10-11,14,23-24,26H,6-9,12H2,(H,21,27). The van der Waals surface area contributed by atoms with Crippen LogP contribution in [-0.2, 0) is 4.79 Å². The minimum absolute atomic E-state index is 0.0346. The zero-order chi connectivity index (χ0) is 20.1. The minimum Gasteiger partial charge on any atom is -0.504 e. The number of nitrogens with one attached hydrogen (secondary N) is 1. The normalized spacial score (nSPS) is 14.5. The molecule has 2 aromatic carbocycles. The van der Waals surface area contributed by atoms with Crippen LogP contribution in [0.1, 0.15) is 23.2 Å². The lowest BCUT2D eigenvalue weighted by Crippen LogP contribution is -2.47. The van der Waals surface area contributed by atoms with Gasteiger partial charge in [-0.3, -0.25) is 9.59 Å². The number of para-hydroxylation sites is 1. The van der Waals surface area contributed by atoms with Crippen LogP contribution in [0.4, 0.5) is 0 Å². The van der Waals surface area contributed by atoms with Gasteiger partial charge in [-0.25, -0.2) is 0 Å². The van der Waals surface area contributed by atoms with Crippen LogP contribution in [0.25, 0.3) is 0 Å². The molecule has 0 aromatic heterocycles. The largest absolute Gasteiger partial charge is 0.504 e. The number of benzene rings is 2. The number of ether oxygens (including phenoxy) is 1. The Morgan fingerprint density at radius 3 is 2.25 bits per heavy atom. The number of phenols is 3. The molecule has 1 aliphatic heterocycles. The molecule has 1 fully saturated rings. The lowest BCUT2D eigenvalue weighted by atomic mass is 10.0. The van der Waals surface area contributed by atoms with E-state index in [0.717, 1.165) is 12.1 Å². The second-order valence-electron chi connectivity index (χ2n) is 6.59. The highest BCUT2D eigenvalue weighted by molar-refractivity contribution is 5.95. The zero-order valence-corrected chi connectivity index (χ0v) is 15.2. The first-order valence-electron chi connectivity index (χ1n) is 8.95. The Labute approximate surface area is 162 Å². The van der Waals surface area contributed by atoms with E-state index < -0.39 is 23.2 Å². The van der Waals surface area contributed by atoms with E-state index in [4.69, 9.17) is 4.74 Å². The van der Waals surface area contributed by atoms with Crippen LogP contribution in [-0.4, -0.2) is 57.8 Å². The van der Waals surface area contributed by atoms with Gasteiger partial charge in [0, 0.05) is 24.7 Å².